The van der Waals surface area contributed by atoms with E-state index in [1.165, 1.54) is 6.92 Å². The van der Waals surface area contributed by atoms with Gasteiger partial charge in [0.15, 0.2) is 23.7 Å². The van der Waals surface area contributed by atoms with Gasteiger partial charge in [-0.25, -0.2) is 0 Å². The Balaban J connectivity index is 0.0000173. The first-order chi connectivity index (χ1) is 49.5. The van der Waals surface area contributed by atoms with Crippen molar-refractivity contribution < 1.29 is 84.2 Å². The van der Waals surface area contributed by atoms with E-state index in [0.717, 1.165) is 16.7 Å². The maximum Gasteiger partial charge on any atom is 0.275 e. The van der Waals surface area contributed by atoms with E-state index in [1.807, 2.05) is 157 Å². The molecule has 3 fully saturated rings. The molecule has 3 aliphatic rings. The first kappa shape index (κ1) is 86.0. The van der Waals surface area contributed by atoms with Gasteiger partial charge in [-0.1, -0.05) is 177 Å². The molecule has 4 aromatic carbocycles. The number of aryl methyl sites for hydroxylation is 2. The Morgan fingerprint density at radius 3 is 1.20 bits per heavy atom. The summed E-state index contributed by atoms with van der Waals surface area (Å²) in [6.07, 6.45) is 1.93. The first-order valence-electron chi connectivity index (χ1n) is 37.2. The highest BCUT2D eigenvalue weighted by Gasteiger charge is 2.51. The predicted octanol–water partition coefficient (Wildman–Crippen LogP) is 1.66. The Morgan fingerprint density at radius 2 is 0.790 bits per heavy atom. The molecule has 7 rings (SSSR count). The molecular formula is C80H115ClN10O14. The molecule has 0 aromatic heterocycles. The number of ether oxygens (including phenoxy) is 3. The van der Waals surface area contributed by atoms with E-state index >= 15 is 9.59 Å². The van der Waals surface area contributed by atoms with E-state index in [2.05, 4.69) is 42.5 Å². The van der Waals surface area contributed by atoms with Crippen LogP contribution in [-0.2, 0) is 87.8 Å². The lowest BCUT2D eigenvalue weighted by molar-refractivity contribution is -0.932. The van der Waals surface area contributed by atoms with E-state index in [4.69, 9.17) is 14.2 Å². The van der Waals surface area contributed by atoms with Crippen molar-refractivity contribution in [1.82, 2.24) is 47.4 Å². The van der Waals surface area contributed by atoms with Gasteiger partial charge in [-0.2, -0.15) is 0 Å². The number of nitrogens with one attached hydrogen (secondary N) is 8. The zero-order valence-corrected chi connectivity index (χ0v) is 63.8. The van der Waals surface area contributed by atoms with Crippen LogP contribution in [0.15, 0.2) is 121 Å². The van der Waals surface area contributed by atoms with Crippen molar-refractivity contribution in [2.45, 2.75) is 193 Å². The second-order valence-electron chi connectivity index (χ2n) is 30.7. The molecule has 4 aromatic rings. The summed E-state index contributed by atoms with van der Waals surface area (Å²) in [7, 11) is 0. The SMILES string of the molecule is CC(C)C[C@H](NC(=O)[C@H](CCc1ccccc1)NC(=O)CN1CCOCC1)C(=O)N[C@@H](Cc1ccccc1)C(=O)N[C@@H](CC(C)C)C(=O)C(C)(O)C[N+]1(CC(=O)N[C@@H](CCc2ccccc2)C(=O)N[C@@H](CC(C)C)C(=O)N[C@@H](Cc2ccccc2)C(=O)N[C@@H](CC(C)C)C(=O)[C@@]2(C)CO2)CCOCC1.[Cl-]. The molecule has 3 aliphatic heterocycles. The average molecular weight is 1480 g/mol. The molecule has 8 amide bonds. The number of epoxide rings is 1. The summed E-state index contributed by atoms with van der Waals surface area (Å²) in [6.45, 7) is 20.7. The van der Waals surface area contributed by atoms with Crippen LogP contribution in [0, 0.1) is 23.7 Å². The zero-order valence-electron chi connectivity index (χ0n) is 63.1. The number of carbonyl (C=O) groups is 10. The molecule has 0 aliphatic carbocycles. The highest BCUT2D eigenvalue weighted by Crippen LogP contribution is 2.30. The second-order valence-corrected chi connectivity index (χ2v) is 30.7. The number of Topliss-reactive ketones (excluding diaryl/α,β-unsaturated/α-hetero) is 2. The molecule has 0 radical (unpaired) electrons. The van der Waals surface area contributed by atoms with Crippen LogP contribution in [-0.4, -0.2) is 212 Å². The molecule has 1 unspecified atom stereocenters. The molecule has 0 bridgehead atoms. The van der Waals surface area contributed by atoms with Crippen molar-refractivity contribution in [3.63, 3.8) is 0 Å². The monoisotopic (exact) mass is 1470 g/mol. The number of rotatable bonds is 42. The van der Waals surface area contributed by atoms with Crippen LogP contribution in [0.2, 0.25) is 0 Å². The van der Waals surface area contributed by atoms with Crippen molar-refractivity contribution in [2.24, 2.45) is 23.7 Å². The third kappa shape index (κ3) is 28.7. The molecule has 3 saturated heterocycles. The van der Waals surface area contributed by atoms with Crippen LogP contribution in [0.5, 0.6) is 0 Å². The lowest BCUT2D eigenvalue weighted by Crippen LogP contribution is -3.00. The minimum Gasteiger partial charge on any atom is -1.00 e. The van der Waals surface area contributed by atoms with E-state index in [9.17, 15) is 43.5 Å². The number of carbonyl (C=O) groups excluding carboxylic acids is 10. The molecule has 0 saturated carbocycles. The molecular weight excluding hydrogens is 1360 g/mol. The molecule has 105 heavy (non-hydrogen) atoms. The summed E-state index contributed by atoms with van der Waals surface area (Å²) < 4.78 is 16.6. The number of quaternary nitrogens is 1. The van der Waals surface area contributed by atoms with E-state index in [1.54, 1.807) is 31.2 Å². The fraction of sp³-hybridized carbons (Fsp3) is 0.575. The van der Waals surface area contributed by atoms with Gasteiger partial charge >= 0.3 is 0 Å². The van der Waals surface area contributed by atoms with Gasteiger partial charge in [0.1, 0.15) is 61.5 Å². The van der Waals surface area contributed by atoms with Gasteiger partial charge in [0.25, 0.3) is 5.91 Å². The van der Waals surface area contributed by atoms with Crippen molar-refractivity contribution in [2.75, 3.05) is 78.8 Å². The number of ketones is 2. The van der Waals surface area contributed by atoms with Crippen LogP contribution in [0.4, 0.5) is 0 Å². The Labute approximate surface area is 626 Å². The summed E-state index contributed by atoms with van der Waals surface area (Å²) in [6, 6.07) is 27.9. The van der Waals surface area contributed by atoms with E-state index < -0.39 is 107 Å². The summed E-state index contributed by atoms with van der Waals surface area (Å²) >= 11 is 0. The number of hydrogen-bond acceptors (Lipinski definition) is 15. The summed E-state index contributed by atoms with van der Waals surface area (Å²) in [5.41, 5.74) is 0.0463. The average Bonchev–Trinajstić information content (AvgIpc) is 1.76. The normalized spacial score (nSPS) is 18.6. The minimum atomic E-state index is -2.20. The highest BCUT2D eigenvalue weighted by atomic mass is 35.5. The number of benzene rings is 4. The number of aliphatic hydroxyl groups is 1. The summed E-state index contributed by atoms with van der Waals surface area (Å²) in [5.74, 6) is -6.19. The largest absolute Gasteiger partial charge is 1.00 e. The lowest BCUT2D eigenvalue weighted by atomic mass is 9.88. The van der Waals surface area contributed by atoms with Crippen LogP contribution in [0.25, 0.3) is 0 Å². The first-order valence-corrected chi connectivity index (χ1v) is 37.2. The van der Waals surface area contributed by atoms with Crippen LogP contribution in [0.3, 0.4) is 0 Å². The molecule has 3 heterocycles. The molecule has 25 heteroatoms. The molecule has 9 N–H and O–H groups in total. The summed E-state index contributed by atoms with van der Waals surface area (Å²) in [5, 5.41) is 36.1. The van der Waals surface area contributed by atoms with Crippen LogP contribution >= 0.6 is 0 Å². The van der Waals surface area contributed by atoms with Gasteiger partial charge in [0, 0.05) is 25.9 Å². The van der Waals surface area contributed by atoms with E-state index in [0.29, 0.717) is 51.1 Å². The number of halogens is 1. The lowest BCUT2D eigenvalue weighted by Gasteiger charge is -2.44. The fourth-order valence-electron chi connectivity index (χ4n) is 13.6. The van der Waals surface area contributed by atoms with Crippen LogP contribution in [0.1, 0.15) is 130 Å². The highest BCUT2D eigenvalue weighted by molar-refractivity contribution is 6.00. The maximum absolute atomic E-state index is 15.2. The molecule has 10 atom stereocenters. The van der Waals surface area contributed by atoms with Crippen molar-refractivity contribution >= 4 is 58.8 Å². The number of amides is 8. The van der Waals surface area contributed by atoms with Gasteiger partial charge in [0.05, 0.1) is 51.7 Å². The topological polar surface area (TPSA) is 321 Å². The smallest absolute Gasteiger partial charge is 0.275 e. The third-order valence-corrected chi connectivity index (χ3v) is 19.3. The molecule has 24 nitrogen and oxygen atoms in total. The van der Waals surface area contributed by atoms with Crippen molar-refractivity contribution in [1.29, 1.82) is 0 Å². The Hall–Kier alpha value is -7.97. The summed E-state index contributed by atoms with van der Waals surface area (Å²) in [4.78, 5) is 148. The Morgan fingerprint density at radius 1 is 0.457 bits per heavy atom. The maximum atomic E-state index is 15.2. The zero-order chi connectivity index (χ0) is 75.6. The number of nitrogens with zero attached hydrogens (tertiary/aromatic N) is 2. The molecule has 576 valence electrons. The predicted molar refractivity (Wildman–Crippen MR) is 396 cm³/mol. The third-order valence-electron chi connectivity index (χ3n) is 19.3. The number of morpholine rings is 2. The standard InChI is InChI=1S/C80H114N10O14.ClH/c1-53(2)43-63(83-77(99)67(47-59-27-19-13-20-28-59)87-75(97)65(45-55(5)6)85-73(95)61(33-31-57-23-15-11-16-24-57)81-69(91)49-89-35-39-102-40-36-89)71(93)79(9,101)51-90(37-41-103-42-38-90)50-70(92)82-62(34-32-58-25-17-12-18-26-58)74(96)86-66(46-56(7)8)76(98)88-68(48-60-29-21-14-22-30-60)78(100)84-64(44-54(3)4)72(94)80(10)52-104-80;/h11-30,53-56,61-68,101H,31-52H2,1-10H3,(H7-,81,82,83,84,85,86,87,88,91,92,95,96,97,98,99,100);1H/t61-,62-,63-,64-,65-,66-,67-,68-,79?,80+;/m0./s1. The van der Waals surface area contributed by atoms with Gasteiger partial charge in [0.2, 0.25) is 41.4 Å². The van der Waals surface area contributed by atoms with E-state index in [-0.39, 0.29) is 150 Å². The van der Waals surface area contributed by atoms with Gasteiger partial charge in [-0.3, -0.25) is 52.8 Å². The Kier molecular flexibility index (Phi) is 34.2. The van der Waals surface area contributed by atoms with Gasteiger partial charge < -0.3 is 78.7 Å². The number of hydrogen-bond donors (Lipinski definition) is 9. The van der Waals surface area contributed by atoms with Gasteiger partial charge in [-0.15, -0.1) is 0 Å². The van der Waals surface area contributed by atoms with Crippen LogP contribution < -0.4 is 54.9 Å². The quantitative estimate of drug-likeness (QED) is 0.0225. The minimum absolute atomic E-state index is 0. The van der Waals surface area contributed by atoms with Crippen molar-refractivity contribution in [3.8, 4) is 0 Å². The fourth-order valence-corrected chi connectivity index (χ4v) is 13.6. The molecule has 0 spiro atoms. The Bertz CT molecular complexity index is 3440. The van der Waals surface area contributed by atoms with Crippen molar-refractivity contribution in [3.05, 3.63) is 144 Å². The second kappa shape index (κ2) is 41.8. The van der Waals surface area contributed by atoms with Gasteiger partial charge in [-0.05, 0) is 111 Å².